The highest BCUT2D eigenvalue weighted by Crippen LogP contribution is 2.06. The fraction of sp³-hybridized carbons (Fsp3) is 0.750. The summed E-state index contributed by atoms with van der Waals surface area (Å²) in [6, 6.07) is -0.00694. The maximum atomic E-state index is 8.72. The van der Waals surface area contributed by atoms with Crippen LogP contribution in [-0.2, 0) is 0 Å². The number of nitrogens with two attached hydrogens (primary N) is 1. The summed E-state index contributed by atoms with van der Waals surface area (Å²) in [6.07, 6.45) is 0. The van der Waals surface area contributed by atoms with Crippen molar-refractivity contribution in [1.29, 1.82) is 0 Å². The lowest BCUT2D eigenvalue weighted by atomic mass is 10.0. The Morgan fingerprint density at radius 3 is 1.70 bits per heavy atom. The Kier molecular flexibility index (Phi) is 8.07. The molecular weight excluding hydrogens is 126 g/mol. The highest BCUT2D eigenvalue weighted by atomic mass is 16.3. The Morgan fingerprint density at radius 2 is 1.70 bits per heavy atom. The van der Waals surface area contributed by atoms with Crippen LogP contribution in [0.1, 0.15) is 27.7 Å². The van der Waals surface area contributed by atoms with Crippen molar-refractivity contribution < 1.29 is 5.11 Å². The van der Waals surface area contributed by atoms with E-state index in [-0.39, 0.29) is 17.7 Å². The van der Waals surface area contributed by atoms with Crippen LogP contribution in [0.5, 0.6) is 0 Å². The highest BCUT2D eigenvalue weighted by molar-refractivity contribution is 4.89. The van der Waals surface area contributed by atoms with Gasteiger partial charge < -0.3 is 10.8 Å². The van der Waals surface area contributed by atoms with E-state index in [0.29, 0.717) is 0 Å². The Morgan fingerprint density at radius 1 is 1.40 bits per heavy atom. The van der Waals surface area contributed by atoms with E-state index in [1.54, 1.807) is 0 Å². The molecule has 0 fully saturated rings. The first-order chi connectivity index (χ1) is 4.55. The van der Waals surface area contributed by atoms with Crippen LogP contribution >= 0.6 is 0 Å². The lowest BCUT2D eigenvalue weighted by Gasteiger charge is -2.12. The molecule has 62 valence electrons. The van der Waals surface area contributed by atoms with E-state index in [4.69, 9.17) is 10.8 Å². The molecule has 0 aliphatic heterocycles. The van der Waals surface area contributed by atoms with Crippen LogP contribution in [0.4, 0.5) is 0 Å². The SMILES string of the molecule is C=C(O)C(C)C(C)N.CC. The van der Waals surface area contributed by atoms with Gasteiger partial charge in [-0.1, -0.05) is 27.4 Å². The fourth-order valence-electron chi connectivity index (χ4n) is 0.303. The third kappa shape index (κ3) is 5.63. The molecule has 2 atom stereocenters. The minimum absolute atomic E-state index is 0.00694. The van der Waals surface area contributed by atoms with Gasteiger partial charge in [-0.15, -0.1) is 0 Å². The molecule has 0 aromatic rings. The van der Waals surface area contributed by atoms with Gasteiger partial charge in [-0.05, 0) is 6.92 Å². The molecule has 0 spiro atoms. The lowest BCUT2D eigenvalue weighted by molar-refractivity contribution is 0.322. The van der Waals surface area contributed by atoms with Gasteiger partial charge in [0.25, 0.3) is 0 Å². The van der Waals surface area contributed by atoms with Crippen molar-refractivity contribution in [3.63, 3.8) is 0 Å². The molecular formula is C8H19NO. The van der Waals surface area contributed by atoms with Gasteiger partial charge in [0, 0.05) is 12.0 Å². The van der Waals surface area contributed by atoms with E-state index in [1.165, 1.54) is 0 Å². The molecule has 0 amide bonds. The molecule has 0 bridgehead atoms. The highest BCUT2D eigenvalue weighted by Gasteiger charge is 2.08. The van der Waals surface area contributed by atoms with E-state index in [1.807, 2.05) is 27.7 Å². The summed E-state index contributed by atoms with van der Waals surface area (Å²) in [5.41, 5.74) is 5.42. The first-order valence-corrected chi connectivity index (χ1v) is 3.69. The largest absolute Gasteiger partial charge is 0.513 e. The summed E-state index contributed by atoms with van der Waals surface area (Å²) in [5, 5.41) is 8.72. The summed E-state index contributed by atoms with van der Waals surface area (Å²) in [6.45, 7) is 11.0. The van der Waals surface area contributed by atoms with Crippen molar-refractivity contribution in [2.45, 2.75) is 33.7 Å². The molecule has 10 heavy (non-hydrogen) atoms. The van der Waals surface area contributed by atoms with Gasteiger partial charge >= 0.3 is 0 Å². The summed E-state index contributed by atoms with van der Waals surface area (Å²) in [4.78, 5) is 0. The third-order valence-corrected chi connectivity index (χ3v) is 1.31. The zero-order valence-electron chi connectivity index (χ0n) is 7.39. The number of rotatable bonds is 2. The van der Waals surface area contributed by atoms with Crippen molar-refractivity contribution in [1.82, 2.24) is 0 Å². The van der Waals surface area contributed by atoms with Crippen LogP contribution in [0.15, 0.2) is 12.3 Å². The minimum atomic E-state index is -0.00694. The summed E-state index contributed by atoms with van der Waals surface area (Å²) >= 11 is 0. The number of aliphatic hydroxyl groups is 1. The second-order valence-electron chi connectivity index (χ2n) is 2.14. The van der Waals surface area contributed by atoms with Gasteiger partial charge in [0.1, 0.15) is 0 Å². The van der Waals surface area contributed by atoms with Gasteiger partial charge in [0.2, 0.25) is 0 Å². The first kappa shape index (κ1) is 12.2. The molecule has 0 aliphatic carbocycles. The molecule has 0 saturated carbocycles. The predicted octanol–water partition coefficient (Wildman–Crippen LogP) is 2.07. The quantitative estimate of drug-likeness (QED) is 0.584. The molecule has 2 nitrogen and oxygen atoms in total. The molecule has 2 heteroatoms. The van der Waals surface area contributed by atoms with E-state index in [9.17, 15) is 0 Å². The van der Waals surface area contributed by atoms with Crippen molar-refractivity contribution in [3.8, 4) is 0 Å². The minimum Gasteiger partial charge on any atom is -0.513 e. The van der Waals surface area contributed by atoms with Crippen LogP contribution < -0.4 is 5.73 Å². The third-order valence-electron chi connectivity index (χ3n) is 1.31. The molecule has 0 saturated heterocycles. The van der Waals surface area contributed by atoms with Crippen LogP contribution in [0.2, 0.25) is 0 Å². The molecule has 0 heterocycles. The van der Waals surface area contributed by atoms with Crippen LogP contribution in [0.3, 0.4) is 0 Å². The summed E-state index contributed by atoms with van der Waals surface area (Å²) in [7, 11) is 0. The van der Waals surface area contributed by atoms with Crippen LogP contribution in [-0.4, -0.2) is 11.1 Å². The maximum absolute atomic E-state index is 8.72. The molecule has 3 N–H and O–H groups in total. The van der Waals surface area contributed by atoms with Crippen LogP contribution in [0, 0.1) is 5.92 Å². The molecule has 0 aromatic carbocycles. The van der Waals surface area contributed by atoms with E-state index in [2.05, 4.69) is 6.58 Å². The smallest absolute Gasteiger partial charge is 0.0894 e. The Balaban J connectivity index is 0. The lowest BCUT2D eigenvalue weighted by Crippen LogP contribution is -2.25. The predicted molar refractivity (Wildman–Crippen MR) is 45.9 cm³/mol. The van der Waals surface area contributed by atoms with Gasteiger partial charge in [0.15, 0.2) is 0 Å². The van der Waals surface area contributed by atoms with Crippen molar-refractivity contribution in [3.05, 3.63) is 12.3 Å². The van der Waals surface area contributed by atoms with Gasteiger partial charge in [-0.3, -0.25) is 0 Å². The average Bonchev–Trinajstić information content (AvgIpc) is 1.90. The van der Waals surface area contributed by atoms with E-state index in [0.717, 1.165) is 0 Å². The maximum Gasteiger partial charge on any atom is 0.0894 e. The second kappa shape index (κ2) is 6.62. The van der Waals surface area contributed by atoms with E-state index >= 15 is 0 Å². The van der Waals surface area contributed by atoms with Crippen molar-refractivity contribution >= 4 is 0 Å². The number of hydrogen-bond acceptors (Lipinski definition) is 2. The monoisotopic (exact) mass is 145 g/mol. The molecule has 0 radical (unpaired) electrons. The number of aliphatic hydroxyl groups excluding tert-OH is 1. The molecule has 0 aromatic heterocycles. The van der Waals surface area contributed by atoms with E-state index < -0.39 is 0 Å². The Labute approximate surface area is 63.7 Å². The van der Waals surface area contributed by atoms with Gasteiger partial charge in [-0.2, -0.15) is 0 Å². The first-order valence-electron chi connectivity index (χ1n) is 3.69. The van der Waals surface area contributed by atoms with Crippen LogP contribution in [0.25, 0.3) is 0 Å². The molecule has 0 rings (SSSR count). The molecule has 0 aliphatic rings. The average molecular weight is 145 g/mol. The summed E-state index contributed by atoms with van der Waals surface area (Å²) in [5.74, 6) is 0.176. The second-order valence-corrected chi connectivity index (χ2v) is 2.14. The zero-order chi connectivity index (χ0) is 8.73. The van der Waals surface area contributed by atoms with Crippen molar-refractivity contribution in [2.24, 2.45) is 11.7 Å². The van der Waals surface area contributed by atoms with Gasteiger partial charge in [-0.25, -0.2) is 0 Å². The topological polar surface area (TPSA) is 46.2 Å². The Bertz CT molecular complexity index is 89.3. The van der Waals surface area contributed by atoms with Gasteiger partial charge in [0.05, 0.1) is 5.76 Å². The zero-order valence-corrected chi connectivity index (χ0v) is 7.39. The Hall–Kier alpha value is -0.500. The number of hydrogen-bond donors (Lipinski definition) is 2. The normalized spacial score (nSPS) is 14.5. The fourth-order valence-corrected chi connectivity index (χ4v) is 0.303. The molecule has 2 unspecified atom stereocenters. The van der Waals surface area contributed by atoms with Crippen molar-refractivity contribution in [2.75, 3.05) is 0 Å². The standard InChI is InChI=1S/C6H13NO.C2H6/c1-4(5(2)7)6(3)8;1-2/h4-5,8H,3,7H2,1-2H3;1-2H3. The summed E-state index contributed by atoms with van der Waals surface area (Å²) < 4.78 is 0.